The van der Waals surface area contributed by atoms with Crippen molar-refractivity contribution in [1.29, 1.82) is 0 Å². The lowest BCUT2D eigenvalue weighted by Gasteiger charge is -2.15. The largest absolute Gasteiger partial charge is 0.495 e. The van der Waals surface area contributed by atoms with Crippen LogP contribution in [0, 0.1) is 0 Å². The molecule has 0 fully saturated rings. The van der Waals surface area contributed by atoms with Crippen LogP contribution in [0.15, 0.2) is 89.7 Å². The lowest BCUT2D eigenvalue weighted by Crippen LogP contribution is -2.24. The molecule has 0 aliphatic rings. The van der Waals surface area contributed by atoms with Gasteiger partial charge in [-0.3, -0.25) is 19.0 Å². The van der Waals surface area contributed by atoms with E-state index in [-0.39, 0.29) is 28.8 Å². The number of benzene rings is 4. The van der Waals surface area contributed by atoms with E-state index in [1.165, 1.54) is 11.7 Å². The molecule has 9 nitrogen and oxygen atoms in total. The minimum absolute atomic E-state index is 0.0930. The van der Waals surface area contributed by atoms with Crippen molar-refractivity contribution >= 4 is 91.4 Å². The Bertz CT molecular complexity index is 1880. The van der Waals surface area contributed by atoms with Crippen LogP contribution in [0.3, 0.4) is 0 Å². The number of carbonyl (C=O) groups excluding carboxylic acids is 2. The Morgan fingerprint density at radius 1 is 0.848 bits per heavy atom. The number of hydrogen-bond acceptors (Lipinski definition) is 7. The molecule has 0 atom stereocenters. The Morgan fingerprint density at radius 2 is 1.43 bits per heavy atom. The molecule has 0 bridgehead atoms. The Labute approximate surface area is 289 Å². The highest BCUT2D eigenvalue weighted by Gasteiger charge is 2.17. The van der Waals surface area contributed by atoms with Crippen LogP contribution in [0.5, 0.6) is 11.5 Å². The fraction of sp³-hybridized carbons (Fsp3) is 0.125. The summed E-state index contributed by atoms with van der Waals surface area (Å²) in [6.07, 6.45) is 0. The minimum atomic E-state index is -0.508. The zero-order valence-corrected chi connectivity index (χ0v) is 28.2. The second-order valence-corrected chi connectivity index (χ2v) is 10.7. The van der Waals surface area contributed by atoms with Crippen LogP contribution in [0.25, 0.3) is 16.6 Å². The van der Waals surface area contributed by atoms with Gasteiger partial charge in [0.2, 0.25) is 5.24 Å². The molecule has 0 spiro atoms. The summed E-state index contributed by atoms with van der Waals surface area (Å²) in [5.74, 6) is 1.20. The van der Waals surface area contributed by atoms with Crippen LogP contribution in [0.1, 0.15) is 16.2 Å². The number of methoxy groups -OCH3 is 2. The molecule has 0 unspecified atom stereocenters. The molecule has 240 valence electrons. The van der Waals surface area contributed by atoms with Gasteiger partial charge in [0.1, 0.15) is 17.3 Å². The number of fused-ring (bicyclic) bond motifs is 1. The van der Waals surface area contributed by atoms with Gasteiger partial charge >= 0.3 is 0 Å². The van der Waals surface area contributed by atoms with Crippen molar-refractivity contribution in [1.82, 2.24) is 9.55 Å². The molecule has 4 aromatic carbocycles. The predicted molar refractivity (Wildman–Crippen MR) is 187 cm³/mol. The third-order valence-corrected chi connectivity index (χ3v) is 7.48. The number of halogens is 5. The lowest BCUT2D eigenvalue weighted by atomic mass is 10.1. The summed E-state index contributed by atoms with van der Waals surface area (Å²) >= 11 is 27.7. The molecule has 5 aromatic rings. The summed E-state index contributed by atoms with van der Waals surface area (Å²) in [5, 5.41) is 3.26. The topological polar surface area (TPSA) is 126 Å². The number of nitrogens with zero attached hydrogens (tertiary/aromatic N) is 2. The molecule has 1 heterocycles. The Balaban J connectivity index is 0.000000221. The summed E-state index contributed by atoms with van der Waals surface area (Å²) < 4.78 is 11.9. The average molecular weight is 725 g/mol. The number of para-hydroxylation sites is 4. The van der Waals surface area contributed by atoms with Gasteiger partial charge < -0.3 is 20.5 Å². The number of hydrogen-bond donors (Lipinski definition) is 2. The number of ether oxygens (including phenoxy) is 2. The number of anilines is 2. The van der Waals surface area contributed by atoms with Gasteiger partial charge in [-0.1, -0.05) is 59.6 Å². The molecule has 46 heavy (non-hydrogen) atoms. The van der Waals surface area contributed by atoms with Crippen molar-refractivity contribution in [3.8, 4) is 17.2 Å². The highest BCUT2D eigenvalue weighted by molar-refractivity contribution is 6.67. The molecule has 0 saturated heterocycles. The van der Waals surface area contributed by atoms with Crippen molar-refractivity contribution in [2.45, 2.75) is 5.88 Å². The predicted octanol–water partition coefficient (Wildman–Crippen LogP) is 7.96. The summed E-state index contributed by atoms with van der Waals surface area (Å²) in [5.41, 5.74) is 7.77. The number of amides is 1. The SMILES string of the molecule is COc1ccccc1-n1c(CCl)nc2cccc(Cl)c2c1=O.COc1ccccc1NC(=O)c1c(N)cccc1Cl.O=C(Cl)CCl. The van der Waals surface area contributed by atoms with Gasteiger partial charge in [-0.05, 0) is 60.1 Å². The molecule has 0 aliphatic heterocycles. The lowest BCUT2D eigenvalue weighted by molar-refractivity contribution is -0.109. The van der Waals surface area contributed by atoms with E-state index in [4.69, 9.17) is 73.2 Å². The van der Waals surface area contributed by atoms with Crippen LogP contribution in [-0.2, 0) is 10.7 Å². The highest BCUT2D eigenvalue weighted by atomic mass is 35.5. The standard InChI is InChI=1S/C16H12Cl2N2O2.C14H13ClN2O2.C2H2Cl2O/c1-22-13-8-3-2-7-12(13)20-14(9-17)19-11-6-4-5-10(18)15(11)16(20)21;1-19-12-8-3-2-7-11(12)17-14(18)13-9(15)5-4-6-10(13)16;3-1-2(4)5/h2-8H,9H2,1H3;2-8H,16H2,1H3,(H,17,18);1H2. The van der Waals surface area contributed by atoms with Crippen molar-refractivity contribution in [3.63, 3.8) is 0 Å². The minimum Gasteiger partial charge on any atom is -0.495 e. The molecule has 5 rings (SSSR count). The maximum atomic E-state index is 12.9. The second-order valence-electron chi connectivity index (χ2n) is 8.96. The maximum Gasteiger partial charge on any atom is 0.267 e. The van der Waals surface area contributed by atoms with E-state index in [2.05, 4.69) is 10.3 Å². The van der Waals surface area contributed by atoms with E-state index in [1.54, 1.807) is 73.8 Å². The van der Waals surface area contributed by atoms with Gasteiger partial charge in [0.25, 0.3) is 11.5 Å². The fourth-order valence-electron chi connectivity index (χ4n) is 4.10. The summed E-state index contributed by atoms with van der Waals surface area (Å²) in [7, 11) is 3.08. The van der Waals surface area contributed by atoms with Gasteiger partial charge in [-0.2, -0.15) is 0 Å². The molecular formula is C32H27Cl5N4O5. The second kappa shape index (κ2) is 17.6. The van der Waals surface area contributed by atoms with Crippen molar-refractivity contribution in [2.24, 2.45) is 0 Å². The quantitative estimate of drug-likeness (QED) is 0.0991. The number of alkyl halides is 2. The van der Waals surface area contributed by atoms with E-state index < -0.39 is 5.24 Å². The molecule has 1 amide bonds. The molecule has 0 radical (unpaired) electrons. The first-order valence-electron chi connectivity index (χ1n) is 13.2. The van der Waals surface area contributed by atoms with Crippen molar-refractivity contribution < 1.29 is 19.1 Å². The highest BCUT2D eigenvalue weighted by Crippen LogP contribution is 2.28. The number of carbonyl (C=O) groups is 2. The summed E-state index contributed by atoms with van der Waals surface area (Å²) in [4.78, 5) is 39.0. The molecule has 0 aliphatic carbocycles. The molecule has 14 heteroatoms. The van der Waals surface area contributed by atoms with Gasteiger partial charge in [0.15, 0.2) is 0 Å². The van der Waals surface area contributed by atoms with Crippen molar-refractivity contribution in [2.75, 3.05) is 31.2 Å². The fourth-order valence-corrected chi connectivity index (χ4v) is 4.80. The van der Waals surface area contributed by atoms with E-state index in [9.17, 15) is 14.4 Å². The van der Waals surface area contributed by atoms with E-state index in [0.717, 1.165) is 0 Å². The zero-order chi connectivity index (χ0) is 33.8. The van der Waals surface area contributed by atoms with Gasteiger partial charge in [0.05, 0.1) is 63.9 Å². The zero-order valence-electron chi connectivity index (χ0n) is 24.4. The van der Waals surface area contributed by atoms with Gasteiger partial charge in [0, 0.05) is 5.69 Å². The Kier molecular flexibility index (Phi) is 14.0. The van der Waals surface area contributed by atoms with Crippen LogP contribution in [0.4, 0.5) is 11.4 Å². The summed E-state index contributed by atoms with van der Waals surface area (Å²) in [6, 6.07) is 24.4. The van der Waals surface area contributed by atoms with E-state index in [0.29, 0.717) is 55.3 Å². The van der Waals surface area contributed by atoms with Crippen LogP contribution in [0.2, 0.25) is 10.0 Å². The third-order valence-electron chi connectivity index (χ3n) is 6.09. The number of nitrogen functional groups attached to an aromatic ring is 1. The van der Waals surface area contributed by atoms with Gasteiger partial charge in [-0.25, -0.2) is 4.98 Å². The summed E-state index contributed by atoms with van der Waals surface area (Å²) in [6.45, 7) is 0. The van der Waals surface area contributed by atoms with Crippen LogP contribution >= 0.6 is 58.0 Å². The molecule has 3 N–H and O–H groups in total. The van der Waals surface area contributed by atoms with E-state index >= 15 is 0 Å². The Hall–Kier alpha value is -3.99. The third kappa shape index (κ3) is 9.05. The average Bonchev–Trinajstić information content (AvgIpc) is 3.05. The van der Waals surface area contributed by atoms with E-state index in [1.807, 2.05) is 18.2 Å². The Morgan fingerprint density at radius 3 is 2.04 bits per heavy atom. The first-order chi connectivity index (χ1) is 22.1. The van der Waals surface area contributed by atoms with Crippen LogP contribution < -0.4 is 26.1 Å². The van der Waals surface area contributed by atoms with Gasteiger partial charge in [-0.15, -0.1) is 23.2 Å². The monoisotopic (exact) mass is 722 g/mol. The first kappa shape index (κ1) is 36.5. The number of nitrogens with two attached hydrogens (primary N) is 1. The molecular weight excluding hydrogens is 698 g/mol. The molecule has 0 saturated carbocycles. The maximum absolute atomic E-state index is 12.9. The number of nitrogens with one attached hydrogen (secondary N) is 1. The number of aromatic nitrogens is 2. The molecule has 1 aromatic heterocycles. The first-order valence-corrected chi connectivity index (χ1v) is 15.4. The number of rotatable bonds is 7. The normalized spacial score (nSPS) is 10.2. The van der Waals surface area contributed by atoms with Crippen LogP contribution in [-0.4, -0.2) is 40.8 Å². The smallest absolute Gasteiger partial charge is 0.267 e. The van der Waals surface area contributed by atoms with Crippen molar-refractivity contribution in [3.05, 3.63) is 117 Å².